The second-order valence-electron chi connectivity index (χ2n) is 9.55. The number of rotatable bonds is 8. The SMILES string of the molecule is COc1ccc(F)c(-c2ccc3c(c2)CC[C@H]3Oc2cccc([C@H](C3CC3)[C@@H](C)C(=O)O)c2F)c1. The summed E-state index contributed by atoms with van der Waals surface area (Å²) < 4.78 is 41.4. The number of fused-ring (bicyclic) bond motifs is 1. The highest BCUT2D eigenvalue weighted by molar-refractivity contribution is 5.71. The van der Waals surface area contributed by atoms with Gasteiger partial charge in [0.25, 0.3) is 0 Å². The van der Waals surface area contributed by atoms with Gasteiger partial charge >= 0.3 is 5.97 Å². The topological polar surface area (TPSA) is 55.8 Å². The number of hydrogen-bond donors (Lipinski definition) is 1. The molecule has 0 amide bonds. The Morgan fingerprint density at radius 3 is 2.57 bits per heavy atom. The summed E-state index contributed by atoms with van der Waals surface area (Å²) in [5.41, 5.74) is 3.64. The lowest BCUT2D eigenvalue weighted by molar-refractivity contribution is -0.142. The number of benzene rings is 3. The van der Waals surface area contributed by atoms with Crippen molar-refractivity contribution in [1.82, 2.24) is 0 Å². The summed E-state index contributed by atoms with van der Waals surface area (Å²) >= 11 is 0. The van der Waals surface area contributed by atoms with Gasteiger partial charge in [-0.25, -0.2) is 8.78 Å². The maximum Gasteiger partial charge on any atom is 0.306 e. The minimum absolute atomic E-state index is 0.145. The largest absolute Gasteiger partial charge is 0.497 e. The number of carboxylic acid groups (broad SMARTS) is 1. The maximum atomic E-state index is 15.6. The molecule has 0 spiro atoms. The Morgan fingerprint density at radius 1 is 1.06 bits per heavy atom. The van der Waals surface area contributed by atoms with Crippen LogP contribution in [-0.2, 0) is 11.2 Å². The molecule has 0 bridgehead atoms. The van der Waals surface area contributed by atoms with Crippen LogP contribution >= 0.6 is 0 Å². The first kappa shape index (κ1) is 23.3. The molecule has 3 aromatic carbocycles. The molecule has 3 aromatic rings. The van der Waals surface area contributed by atoms with Crippen LogP contribution in [-0.4, -0.2) is 18.2 Å². The summed E-state index contributed by atoms with van der Waals surface area (Å²) in [7, 11) is 1.55. The summed E-state index contributed by atoms with van der Waals surface area (Å²) in [6, 6.07) is 15.4. The predicted octanol–water partition coefficient (Wildman–Crippen LogP) is 6.92. The van der Waals surface area contributed by atoms with E-state index in [4.69, 9.17) is 9.47 Å². The van der Waals surface area contributed by atoms with Gasteiger partial charge in [0.05, 0.1) is 13.0 Å². The van der Waals surface area contributed by atoms with Crippen molar-refractivity contribution in [2.45, 2.75) is 44.6 Å². The molecule has 2 aliphatic rings. The Morgan fingerprint density at radius 2 is 1.86 bits per heavy atom. The van der Waals surface area contributed by atoms with E-state index in [1.807, 2.05) is 18.2 Å². The van der Waals surface area contributed by atoms with E-state index >= 15 is 4.39 Å². The highest BCUT2D eigenvalue weighted by Gasteiger charge is 2.40. The normalized spacial score (nSPS) is 18.6. The zero-order chi connectivity index (χ0) is 24.7. The van der Waals surface area contributed by atoms with Gasteiger partial charge in [0, 0.05) is 11.5 Å². The Kier molecular flexibility index (Phi) is 6.22. The van der Waals surface area contributed by atoms with Gasteiger partial charge in [-0.1, -0.05) is 37.3 Å². The molecule has 35 heavy (non-hydrogen) atoms. The average molecular weight is 479 g/mol. The number of methoxy groups -OCH3 is 1. The second-order valence-corrected chi connectivity index (χ2v) is 9.55. The molecule has 1 fully saturated rings. The molecule has 6 heteroatoms. The van der Waals surface area contributed by atoms with Crippen LogP contribution in [0.3, 0.4) is 0 Å². The van der Waals surface area contributed by atoms with Gasteiger partial charge in [-0.05, 0) is 78.1 Å². The van der Waals surface area contributed by atoms with Crippen molar-refractivity contribution in [3.63, 3.8) is 0 Å². The molecule has 5 rings (SSSR count). The number of carboxylic acids is 1. The standard InChI is InChI=1S/C29H28F2O4/c1-16(29(32)33)27(17-6-7-17)22-4-3-5-26(28(22)31)35-25-13-9-18-14-19(8-11-21(18)25)23-15-20(34-2)10-12-24(23)30/h3-5,8,10-12,14-17,25,27H,6-7,9,13H2,1-2H3,(H,32,33)/t16-,25-,27+/m1/s1. The van der Waals surface area contributed by atoms with Crippen LogP contribution < -0.4 is 9.47 Å². The fourth-order valence-electron chi connectivity index (χ4n) is 5.29. The molecule has 0 radical (unpaired) electrons. The van der Waals surface area contributed by atoms with E-state index in [0.717, 1.165) is 36.0 Å². The fraction of sp³-hybridized carbons (Fsp3) is 0.345. The van der Waals surface area contributed by atoms with Gasteiger partial charge < -0.3 is 14.6 Å². The lowest BCUT2D eigenvalue weighted by atomic mass is 9.83. The first-order chi connectivity index (χ1) is 16.9. The van der Waals surface area contributed by atoms with Crippen LogP contribution in [0.5, 0.6) is 11.5 Å². The minimum atomic E-state index is -0.916. The van der Waals surface area contributed by atoms with Crippen molar-refractivity contribution >= 4 is 5.97 Å². The summed E-state index contributed by atoms with van der Waals surface area (Å²) in [6.07, 6.45) is 2.93. The molecule has 182 valence electrons. The second kappa shape index (κ2) is 9.33. The molecular weight excluding hydrogens is 450 g/mol. The van der Waals surface area contributed by atoms with E-state index in [9.17, 15) is 14.3 Å². The molecule has 2 aliphatic carbocycles. The number of ether oxygens (including phenoxy) is 2. The minimum Gasteiger partial charge on any atom is -0.497 e. The highest BCUT2D eigenvalue weighted by Crippen LogP contribution is 2.48. The van der Waals surface area contributed by atoms with E-state index in [-0.39, 0.29) is 29.5 Å². The molecule has 0 heterocycles. The van der Waals surface area contributed by atoms with Gasteiger partial charge in [-0.2, -0.15) is 0 Å². The number of aliphatic carboxylic acids is 1. The van der Waals surface area contributed by atoms with Gasteiger partial charge in [0.1, 0.15) is 17.7 Å². The molecular formula is C29H28F2O4. The third-order valence-electron chi connectivity index (χ3n) is 7.33. The maximum absolute atomic E-state index is 15.6. The molecule has 1 saturated carbocycles. The molecule has 0 aromatic heterocycles. The smallest absolute Gasteiger partial charge is 0.306 e. The average Bonchev–Trinajstić information content (AvgIpc) is 3.61. The van der Waals surface area contributed by atoms with E-state index < -0.39 is 17.7 Å². The Balaban J connectivity index is 1.41. The fourth-order valence-corrected chi connectivity index (χ4v) is 5.29. The van der Waals surface area contributed by atoms with E-state index in [0.29, 0.717) is 23.3 Å². The van der Waals surface area contributed by atoms with Gasteiger partial charge in [0.15, 0.2) is 11.6 Å². The van der Waals surface area contributed by atoms with Crippen LogP contribution in [0, 0.1) is 23.5 Å². The number of carbonyl (C=O) groups is 1. The van der Waals surface area contributed by atoms with Crippen LogP contribution in [0.1, 0.15) is 54.9 Å². The van der Waals surface area contributed by atoms with Crippen LogP contribution in [0.25, 0.3) is 11.1 Å². The number of hydrogen-bond acceptors (Lipinski definition) is 3. The summed E-state index contributed by atoms with van der Waals surface area (Å²) in [5, 5.41) is 9.56. The monoisotopic (exact) mass is 478 g/mol. The molecule has 1 N–H and O–H groups in total. The molecule has 0 saturated heterocycles. The predicted molar refractivity (Wildman–Crippen MR) is 129 cm³/mol. The zero-order valence-corrected chi connectivity index (χ0v) is 19.8. The van der Waals surface area contributed by atoms with Gasteiger partial charge in [-0.15, -0.1) is 0 Å². The van der Waals surface area contributed by atoms with Crippen molar-refractivity contribution in [1.29, 1.82) is 0 Å². The first-order valence-electron chi connectivity index (χ1n) is 12.0. The summed E-state index contributed by atoms with van der Waals surface area (Å²) in [6.45, 7) is 1.65. The van der Waals surface area contributed by atoms with Gasteiger partial charge in [0.2, 0.25) is 0 Å². The van der Waals surface area contributed by atoms with Gasteiger partial charge in [-0.3, -0.25) is 4.79 Å². The van der Waals surface area contributed by atoms with E-state index in [1.54, 1.807) is 44.4 Å². The first-order valence-corrected chi connectivity index (χ1v) is 12.0. The third kappa shape index (κ3) is 4.49. The Hall–Kier alpha value is -3.41. The quantitative estimate of drug-likeness (QED) is 0.382. The van der Waals surface area contributed by atoms with E-state index in [2.05, 4.69) is 0 Å². The molecule has 0 aliphatic heterocycles. The lowest BCUT2D eigenvalue weighted by Gasteiger charge is -2.23. The van der Waals surface area contributed by atoms with Crippen LogP contribution in [0.2, 0.25) is 0 Å². The van der Waals surface area contributed by atoms with Crippen molar-refractivity contribution in [2.75, 3.05) is 7.11 Å². The van der Waals surface area contributed by atoms with Crippen molar-refractivity contribution < 1.29 is 28.2 Å². The third-order valence-corrected chi connectivity index (χ3v) is 7.33. The molecule has 4 nitrogen and oxygen atoms in total. The molecule has 0 unspecified atom stereocenters. The summed E-state index contributed by atoms with van der Waals surface area (Å²) in [4.78, 5) is 11.7. The molecule has 3 atom stereocenters. The van der Waals surface area contributed by atoms with E-state index in [1.165, 1.54) is 6.07 Å². The van der Waals surface area contributed by atoms with Crippen LogP contribution in [0.15, 0.2) is 54.6 Å². The zero-order valence-electron chi connectivity index (χ0n) is 19.8. The van der Waals surface area contributed by atoms with Crippen molar-refractivity contribution in [2.24, 2.45) is 11.8 Å². The lowest BCUT2D eigenvalue weighted by Crippen LogP contribution is -2.22. The Bertz CT molecular complexity index is 1270. The van der Waals surface area contributed by atoms with Crippen LogP contribution in [0.4, 0.5) is 8.78 Å². The number of halogens is 2. The highest BCUT2D eigenvalue weighted by atomic mass is 19.1. The van der Waals surface area contributed by atoms with Crippen molar-refractivity contribution in [3.8, 4) is 22.6 Å². The summed E-state index contributed by atoms with van der Waals surface area (Å²) in [5.74, 6) is -1.83. The van der Waals surface area contributed by atoms with Crippen molar-refractivity contribution in [3.05, 3.63) is 82.9 Å². The Labute approximate surface area is 203 Å². The number of aryl methyl sites for hydroxylation is 1.